The largest absolute Gasteiger partial charge is 0.394 e. The second kappa shape index (κ2) is 8.43. The van der Waals surface area contributed by atoms with Gasteiger partial charge in [-0.2, -0.15) is 0 Å². The number of halogens is 2. The lowest BCUT2D eigenvalue weighted by Gasteiger charge is -2.23. The summed E-state index contributed by atoms with van der Waals surface area (Å²) in [6.45, 7) is 1.79. The van der Waals surface area contributed by atoms with Crippen molar-refractivity contribution in [3.05, 3.63) is 35.4 Å². The van der Waals surface area contributed by atoms with Crippen molar-refractivity contribution >= 4 is 11.8 Å². The Morgan fingerprint density at radius 1 is 1.36 bits per heavy atom. The third-order valence-electron chi connectivity index (χ3n) is 3.35. The Hall–Kier alpha value is -2.02. The summed E-state index contributed by atoms with van der Waals surface area (Å²) < 4.78 is 26.1. The number of amides is 2. The first-order valence-corrected chi connectivity index (χ1v) is 6.96. The molecule has 1 rings (SSSR count). The van der Waals surface area contributed by atoms with Gasteiger partial charge in [0.15, 0.2) is 0 Å². The molecular formula is C15H20F2N2O3. The Labute approximate surface area is 127 Å². The molecule has 0 aliphatic rings. The number of rotatable bonds is 7. The molecule has 0 spiro atoms. The fourth-order valence-electron chi connectivity index (χ4n) is 1.76. The molecule has 0 aromatic heterocycles. The summed E-state index contributed by atoms with van der Waals surface area (Å²) in [5.74, 6) is -2.48. The quantitative estimate of drug-likeness (QED) is 0.746. The van der Waals surface area contributed by atoms with Gasteiger partial charge in [-0.25, -0.2) is 8.78 Å². The van der Waals surface area contributed by atoms with E-state index in [4.69, 9.17) is 5.11 Å². The Kier molecular flexibility index (Phi) is 6.91. The summed E-state index contributed by atoms with van der Waals surface area (Å²) in [5.41, 5.74) is -0.237. The van der Waals surface area contributed by atoms with Crippen LogP contribution in [0.3, 0.4) is 0 Å². The normalized spacial score (nSPS) is 11.9. The lowest BCUT2D eigenvalue weighted by atomic mass is 10.2. The monoisotopic (exact) mass is 314 g/mol. The molecule has 0 fully saturated rings. The van der Waals surface area contributed by atoms with Crippen LogP contribution >= 0.6 is 0 Å². The second-order valence-electron chi connectivity index (χ2n) is 5.02. The van der Waals surface area contributed by atoms with E-state index in [9.17, 15) is 18.4 Å². The lowest BCUT2D eigenvalue weighted by Crippen LogP contribution is -2.37. The highest BCUT2D eigenvalue weighted by Crippen LogP contribution is 2.09. The van der Waals surface area contributed by atoms with E-state index in [0.717, 1.165) is 12.1 Å². The number of aliphatic hydroxyl groups excluding tert-OH is 1. The maximum Gasteiger partial charge on any atom is 0.254 e. The minimum atomic E-state index is -0.926. The molecule has 5 nitrogen and oxygen atoms in total. The summed E-state index contributed by atoms with van der Waals surface area (Å²) >= 11 is 0. The molecule has 2 N–H and O–H groups in total. The molecule has 1 atom stereocenters. The average molecular weight is 314 g/mol. The van der Waals surface area contributed by atoms with Gasteiger partial charge in [0.25, 0.3) is 5.91 Å². The molecule has 122 valence electrons. The van der Waals surface area contributed by atoms with Crippen LogP contribution in [0.1, 0.15) is 30.1 Å². The van der Waals surface area contributed by atoms with Crippen molar-refractivity contribution in [1.29, 1.82) is 0 Å². The Balaban J connectivity index is 2.38. The number of carbonyl (C=O) groups excluding carboxylic acids is 2. The molecular weight excluding hydrogens is 294 g/mol. The molecule has 0 heterocycles. The molecule has 22 heavy (non-hydrogen) atoms. The molecule has 0 saturated carbocycles. The van der Waals surface area contributed by atoms with Crippen molar-refractivity contribution in [3.8, 4) is 0 Å². The number of likely N-dealkylation sites (N-methyl/N-ethyl adjacent to an activating group) is 1. The standard InChI is InChI=1S/C15H20F2N2O3/c1-10(9-20)19(2)14(21)4-3-7-18-15(22)12-6-5-11(16)8-13(12)17/h5-6,8,10,20H,3-4,7,9H2,1-2H3,(H,18,22). The van der Waals surface area contributed by atoms with Crippen molar-refractivity contribution in [2.24, 2.45) is 0 Å². The maximum absolute atomic E-state index is 13.4. The molecule has 0 aliphatic heterocycles. The van der Waals surface area contributed by atoms with Crippen LogP contribution in [0.25, 0.3) is 0 Å². The fourth-order valence-corrected chi connectivity index (χ4v) is 1.76. The summed E-state index contributed by atoms with van der Waals surface area (Å²) in [7, 11) is 1.59. The molecule has 2 amide bonds. The van der Waals surface area contributed by atoms with Crippen LogP contribution in [-0.2, 0) is 4.79 Å². The summed E-state index contributed by atoms with van der Waals surface area (Å²) in [4.78, 5) is 24.9. The van der Waals surface area contributed by atoms with Gasteiger partial charge in [0.1, 0.15) is 11.6 Å². The second-order valence-corrected chi connectivity index (χ2v) is 5.02. The summed E-state index contributed by atoms with van der Waals surface area (Å²) in [5, 5.41) is 11.4. The lowest BCUT2D eigenvalue weighted by molar-refractivity contribution is -0.132. The predicted molar refractivity (Wildman–Crippen MR) is 77.2 cm³/mol. The Morgan fingerprint density at radius 2 is 2.05 bits per heavy atom. The maximum atomic E-state index is 13.4. The average Bonchev–Trinajstić information content (AvgIpc) is 2.49. The summed E-state index contributed by atoms with van der Waals surface area (Å²) in [6, 6.07) is 2.45. The molecule has 1 aromatic rings. The van der Waals surface area contributed by atoms with Crippen LogP contribution in [0.4, 0.5) is 8.78 Å². The van der Waals surface area contributed by atoms with Gasteiger partial charge in [-0.1, -0.05) is 0 Å². The van der Waals surface area contributed by atoms with Crippen LogP contribution in [0.15, 0.2) is 18.2 Å². The van der Waals surface area contributed by atoms with Crippen LogP contribution in [-0.4, -0.2) is 48.1 Å². The van der Waals surface area contributed by atoms with E-state index in [-0.39, 0.29) is 37.1 Å². The smallest absolute Gasteiger partial charge is 0.254 e. The van der Waals surface area contributed by atoms with E-state index in [1.54, 1.807) is 14.0 Å². The van der Waals surface area contributed by atoms with Crippen LogP contribution < -0.4 is 5.32 Å². The SMILES string of the molecule is CC(CO)N(C)C(=O)CCCNC(=O)c1ccc(F)cc1F. The van der Waals surface area contributed by atoms with Gasteiger partial charge in [-0.3, -0.25) is 9.59 Å². The third kappa shape index (κ3) is 5.07. The number of nitrogens with zero attached hydrogens (tertiary/aromatic N) is 1. The van der Waals surface area contributed by atoms with Crippen molar-refractivity contribution in [3.63, 3.8) is 0 Å². The minimum absolute atomic E-state index is 0.122. The van der Waals surface area contributed by atoms with E-state index >= 15 is 0 Å². The highest BCUT2D eigenvalue weighted by molar-refractivity contribution is 5.94. The Bertz CT molecular complexity index is 538. The van der Waals surface area contributed by atoms with E-state index in [1.165, 1.54) is 4.90 Å². The minimum Gasteiger partial charge on any atom is -0.394 e. The van der Waals surface area contributed by atoms with E-state index in [1.807, 2.05) is 0 Å². The predicted octanol–water partition coefficient (Wildman–Crippen LogP) is 1.31. The van der Waals surface area contributed by atoms with Crippen molar-refractivity contribution in [2.75, 3.05) is 20.2 Å². The first-order chi connectivity index (χ1) is 10.4. The van der Waals surface area contributed by atoms with Gasteiger partial charge >= 0.3 is 0 Å². The van der Waals surface area contributed by atoms with Crippen LogP contribution in [0, 0.1) is 11.6 Å². The first-order valence-electron chi connectivity index (χ1n) is 6.96. The number of hydrogen-bond acceptors (Lipinski definition) is 3. The number of benzene rings is 1. The van der Waals surface area contributed by atoms with Gasteiger partial charge in [-0.15, -0.1) is 0 Å². The van der Waals surface area contributed by atoms with Gasteiger partial charge < -0.3 is 15.3 Å². The summed E-state index contributed by atoms with van der Waals surface area (Å²) in [6.07, 6.45) is 0.586. The number of hydrogen-bond donors (Lipinski definition) is 2. The van der Waals surface area contributed by atoms with E-state index < -0.39 is 17.5 Å². The highest BCUT2D eigenvalue weighted by Gasteiger charge is 2.15. The first kappa shape index (κ1) is 18.0. The zero-order valence-electron chi connectivity index (χ0n) is 12.6. The fraction of sp³-hybridized carbons (Fsp3) is 0.467. The van der Waals surface area contributed by atoms with Crippen molar-refractivity contribution in [1.82, 2.24) is 10.2 Å². The molecule has 0 saturated heterocycles. The van der Waals surface area contributed by atoms with Gasteiger partial charge in [-0.05, 0) is 25.5 Å². The molecule has 0 aliphatic carbocycles. The van der Waals surface area contributed by atoms with E-state index in [2.05, 4.69) is 5.32 Å². The van der Waals surface area contributed by atoms with Crippen molar-refractivity contribution < 1.29 is 23.5 Å². The van der Waals surface area contributed by atoms with Gasteiger partial charge in [0, 0.05) is 26.1 Å². The molecule has 0 bridgehead atoms. The number of aliphatic hydroxyl groups is 1. The number of carbonyl (C=O) groups is 2. The zero-order chi connectivity index (χ0) is 16.7. The Morgan fingerprint density at radius 3 is 2.64 bits per heavy atom. The topological polar surface area (TPSA) is 69.6 Å². The zero-order valence-corrected chi connectivity index (χ0v) is 12.6. The van der Waals surface area contributed by atoms with Crippen LogP contribution in [0.2, 0.25) is 0 Å². The van der Waals surface area contributed by atoms with Gasteiger partial charge in [0.2, 0.25) is 5.91 Å². The molecule has 7 heteroatoms. The third-order valence-corrected chi connectivity index (χ3v) is 3.35. The van der Waals surface area contributed by atoms with Crippen molar-refractivity contribution in [2.45, 2.75) is 25.8 Å². The highest BCUT2D eigenvalue weighted by atomic mass is 19.1. The molecule has 0 radical (unpaired) electrons. The van der Waals surface area contributed by atoms with Gasteiger partial charge in [0.05, 0.1) is 18.2 Å². The molecule has 1 aromatic carbocycles. The molecule has 1 unspecified atom stereocenters. The number of nitrogens with one attached hydrogen (secondary N) is 1. The van der Waals surface area contributed by atoms with E-state index in [0.29, 0.717) is 12.5 Å². The van der Waals surface area contributed by atoms with Crippen LogP contribution in [0.5, 0.6) is 0 Å².